The molecule has 0 atom stereocenters. The monoisotopic (exact) mass is 336 g/mol. The molecule has 128 valence electrons. The Hall–Kier alpha value is -1.62. The summed E-state index contributed by atoms with van der Waals surface area (Å²) >= 11 is 5.42. The van der Waals surface area contributed by atoms with Crippen LogP contribution in [0.4, 0.5) is 5.69 Å². The van der Waals surface area contributed by atoms with Gasteiger partial charge in [-0.3, -0.25) is 0 Å². The van der Waals surface area contributed by atoms with E-state index >= 15 is 0 Å². The van der Waals surface area contributed by atoms with Gasteiger partial charge in [0.15, 0.2) is 5.11 Å². The summed E-state index contributed by atoms with van der Waals surface area (Å²) in [6.45, 7) is 12.8. The molecule has 23 heavy (non-hydrogen) atoms. The van der Waals surface area contributed by atoms with E-state index in [9.17, 15) is 4.79 Å². The summed E-state index contributed by atoms with van der Waals surface area (Å²) in [5.74, 6) is 0.673. The average Bonchev–Trinajstić information content (AvgIpc) is 2.46. The van der Waals surface area contributed by atoms with Crippen molar-refractivity contribution in [3.8, 4) is 0 Å². The van der Waals surface area contributed by atoms with E-state index in [-0.39, 0.29) is 5.97 Å². The highest BCUT2D eigenvalue weighted by Crippen LogP contribution is 2.18. The maximum Gasteiger partial charge on any atom is 0.338 e. The van der Waals surface area contributed by atoms with Crippen molar-refractivity contribution in [1.82, 2.24) is 5.32 Å². The van der Waals surface area contributed by atoms with Gasteiger partial charge in [-0.2, -0.15) is 0 Å². The molecule has 5 heteroatoms. The topological polar surface area (TPSA) is 50.4 Å². The third kappa shape index (κ3) is 5.82. The van der Waals surface area contributed by atoms with Gasteiger partial charge in [0.25, 0.3) is 0 Å². The van der Waals surface area contributed by atoms with Crippen LogP contribution < -0.4 is 10.6 Å². The standard InChI is InChI=1S/C18H28N2O2S/c1-7-22-17(21)14-8-9-15(13(6)10-14)19-18(23)20-16(11(2)3)12(4)5/h8-12,16H,7H2,1-6H3,(H2,19,20,23). The van der Waals surface area contributed by atoms with Crippen molar-refractivity contribution >= 4 is 29.0 Å². The highest BCUT2D eigenvalue weighted by Gasteiger charge is 2.18. The van der Waals surface area contributed by atoms with Crippen molar-refractivity contribution in [1.29, 1.82) is 0 Å². The zero-order chi connectivity index (χ0) is 17.6. The SMILES string of the molecule is CCOC(=O)c1ccc(NC(=S)NC(C(C)C)C(C)C)c(C)c1. The summed E-state index contributed by atoms with van der Waals surface area (Å²) in [5.41, 5.74) is 2.39. The Labute approximate surface area is 145 Å². The number of esters is 1. The molecule has 2 N–H and O–H groups in total. The van der Waals surface area contributed by atoms with Crippen LogP contribution in [0.5, 0.6) is 0 Å². The maximum absolute atomic E-state index is 11.7. The molecule has 0 radical (unpaired) electrons. The third-order valence-electron chi connectivity index (χ3n) is 3.72. The van der Waals surface area contributed by atoms with Crippen LogP contribution >= 0.6 is 12.2 Å². The Morgan fingerprint density at radius 3 is 2.30 bits per heavy atom. The number of hydrogen-bond acceptors (Lipinski definition) is 3. The number of hydrogen-bond donors (Lipinski definition) is 2. The number of anilines is 1. The maximum atomic E-state index is 11.7. The average molecular weight is 337 g/mol. The molecule has 1 aromatic carbocycles. The Kier molecular flexibility index (Phi) is 7.49. The minimum atomic E-state index is -0.303. The van der Waals surface area contributed by atoms with Crippen molar-refractivity contribution in [2.45, 2.75) is 47.6 Å². The fourth-order valence-corrected chi connectivity index (χ4v) is 2.80. The number of ether oxygens (including phenoxy) is 1. The first-order valence-corrected chi connectivity index (χ1v) is 8.52. The van der Waals surface area contributed by atoms with Crippen LogP contribution in [0.15, 0.2) is 18.2 Å². The molecule has 0 aliphatic carbocycles. The van der Waals surface area contributed by atoms with Gasteiger partial charge in [-0.05, 0) is 61.7 Å². The zero-order valence-corrected chi connectivity index (χ0v) is 15.7. The third-order valence-corrected chi connectivity index (χ3v) is 3.94. The second-order valence-corrected chi connectivity index (χ2v) is 6.77. The molecule has 0 unspecified atom stereocenters. The Morgan fingerprint density at radius 2 is 1.83 bits per heavy atom. The molecule has 0 aliphatic heterocycles. The summed E-state index contributed by atoms with van der Waals surface area (Å²) in [5, 5.41) is 7.20. The van der Waals surface area contributed by atoms with Crippen LogP contribution in [0.1, 0.15) is 50.5 Å². The summed E-state index contributed by atoms with van der Waals surface area (Å²) < 4.78 is 5.01. The van der Waals surface area contributed by atoms with Gasteiger partial charge in [0.1, 0.15) is 0 Å². The number of rotatable bonds is 6. The van der Waals surface area contributed by atoms with Gasteiger partial charge in [-0.1, -0.05) is 27.7 Å². The fourth-order valence-electron chi connectivity index (χ4n) is 2.56. The predicted octanol–water partition coefficient (Wildman–Crippen LogP) is 4.14. The largest absolute Gasteiger partial charge is 0.462 e. The fraction of sp³-hybridized carbons (Fsp3) is 0.556. The highest BCUT2D eigenvalue weighted by atomic mass is 32.1. The summed E-state index contributed by atoms with van der Waals surface area (Å²) in [6, 6.07) is 5.73. The Morgan fingerprint density at radius 1 is 1.22 bits per heavy atom. The summed E-state index contributed by atoms with van der Waals surface area (Å²) in [4.78, 5) is 11.7. The van der Waals surface area contributed by atoms with Gasteiger partial charge >= 0.3 is 5.97 Å². The lowest BCUT2D eigenvalue weighted by atomic mass is 9.93. The van der Waals surface area contributed by atoms with Crippen molar-refractivity contribution < 1.29 is 9.53 Å². The van der Waals surface area contributed by atoms with E-state index in [0.29, 0.717) is 35.2 Å². The minimum Gasteiger partial charge on any atom is -0.462 e. The molecule has 0 aromatic heterocycles. The van der Waals surface area contributed by atoms with Gasteiger partial charge in [-0.25, -0.2) is 4.79 Å². The van der Waals surface area contributed by atoms with Gasteiger partial charge in [-0.15, -0.1) is 0 Å². The van der Waals surface area contributed by atoms with Gasteiger partial charge < -0.3 is 15.4 Å². The van der Waals surface area contributed by atoms with Crippen molar-refractivity contribution in [2.24, 2.45) is 11.8 Å². The predicted molar refractivity (Wildman–Crippen MR) is 100.0 cm³/mol. The smallest absolute Gasteiger partial charge is 0.338 e. The second-order valence-electron chi connectivity index (χ2n) is 6.36. The number of benzene rings is 1. The van der Waals surface area contributed by atoms with Crippen LogP contribution in [0, 0.1) is 18.8 Å². The lowest BCUT2D eigenvalue weighted by Crippen LogP contribution is -2.44. The van der Waals surface area contributed by atoms with E-state index in [1.807, 2.05) is 19.1 Å². The van der Waals surface area contributed by atoms with Gasteiger partial charge in [0.05, 0.1) is 12.2 Å². The molecule has 0 aliphatic rings. The Balaban J connectivity index is 2.77. The number of aryl methyl sites for hydroxylation is 1. The summed E-state index contributed by atoms with van der Waals surface area (Å²) in [6.07, 6.45) is 0. The molecule has 1 rings (SSSR count). The quantitative estimate of drug-likeness (QED) is 0.604. The zero-order valence-electron chi connectivity index (χ0n) is 14.9. The first-order chi connectivity index (χ1) is 10.8. The molecular weight excluding hydrogens is 308 g/mol. The molecule has 0 bridgehead atoms. The van der Waals surface area contributed by atoms with E-state index in [0.717, 1.165) is 11.3 Å². The van der Waals surface area contributed by atoms with E-state index < -0.39 is 0 Å². The first kappa shape index (κ1) is 19.4. The highest BCUT2D eigenvalue weighted by molar-refractivity contribution is 7.80. The second kappa shape index (κ2) is 8.87. The van der Waals surface area contributed by atoms with Crippen LogP contribution in [0.2, 0.25) is 0 Å². The van der Waals surface area contributed by atoms with Crippen molar-refractivity contribution in [3.63, 3.8) is 0 Å². The number of thiocarbonyl (C=S) groups is 1. The number of carbonyl (C=O) groups excluding carboxylic acids is 1. The van der Waals surface area contributed by atoms with E-state index in [2.05, 4.69) is 38.3 Å². The van der Waals surface area contributed by atoms with Crippen LogP contribution in [0.25, 0.3) is 0 Å². The molecule has 0 fully saturated rings. The first-order valence-electron chi connectivity index (χ1n) is 8.11. The normalized spacial score (nSPS) is 11.0. The Bertz CT molecular complexity index is 548. The lowest BCUT2D eigenvalue weighted by molar-refractivity contribution is 0.0526. The summed E-state index contributed by atoms with van der Waals surface area (Å²) in [7, 11) is 0. The number of nitrogens with one attached hydrogen (secondary N) is 2. The van der Waals surface area contributed by atoms with Gasteiger partial charge in [0, 0.05) is 11.7 Å². The van der Waals surface area contributed by atoms with Crippen LogP contribution in [0.3, 0.4) is 0 Å². The molecule has 0 spiro atoms. The lowest BCUT2D eigenvalue weighted by Gasteiger charge is -2.27. The molecule has 0 saturated carbocycles. The van der Waals surface area contributed by atoms with Crippen LogP contribution in [-0.2, 0) is 4.74 Å². The molecule has 0 heterocycles. The minimum absolute atomic E-state index is 0.303. The molecule has 4 nitrogen and oxygen atoms in total. The van der Waals surface area contributed by atoms with Crippen molar-refractivity contribution in [3.05, 3.63) is 29.3 Å². The van der Waals surface area contributed by atoms with Crippen LogP contribution in [-0.4, -0.2) is 23.7 Å². The molecule has 0 amide bonds. The molecular formula is C18H28N2O2S. The van der Waals surface area contributed by atoms with Gasteiger partial charge in [0.2, 0.25) is 0 Å². The van der Waals surface area contributed by atoms with E-state index in [4.69, 9.17) is 17.0 Å². The molecule has 1 aromatic rings. The van der Waals surface area contributed by atoms with Crippen molar-refractivity contribution in [2.75, 3.05) is 11.9 Å². The number of carbonyl (C=O) groups is 1. The van der Waals surface area contributed by atoms with E-state index in [1.165, 1.54) is 0 Å². The van der Waals surface area contributed by atoms with E-state index in [1.54, 1.807) is 13.0 Å². The molecule has 0 saturated heterocycles.